The Balaban J connectivity index is 2.03. The molecule has 1 aromatic heterocycles. The molecule has 42 heavy (non-hydrogen) atoms. The van der Waals surface area contributed by atoms with Gasteiger partial charge in [-0.05, 0) is 129 Å². The van der Waals surface area contributed by atoms with Crippen LogP contribution in [0.3, 0.4) is 0 Å². The molecule has 4 aromatic rings. The minimum absolute atomic E-state index is 0.0834. The van der Waals surface area contributed by atoms with Gasteiger partial charge >= 0.3 is 17.1 Å². The number of aromatic hydroxyl groups is 3. The van der Waals surface area contributed by atoms with E-state index in [4.69, 9.17) is 0 Å². The van der Waals surface area contributed by atoms with Gasteiger partial charge in [0.25, 0.3) is 0 Å². The van der Waals surface area contributed by atoms with E-state index in [0.717, 1.165) is 30.4 Å². The van der Waals surface area contributed by atoms with Gasteiger partial charge in [-0.2, -0.15) is 0 Å². The van der Waals surface area contributed by atoms with Gasteiger partial charge in [0.1, 0.15) is 17.2 Å². The number of hydrogen-bond acceptors (Lipinski definition) is 6. The number of aryl methyl sites for hydroxylation is 6. The summed E-state index contributed by atoms with van der Waals surface area (Å²) in [5.41, 5.74) is 5.51. The van der Waals surface area contributed by atoms with Crippen LogP contribution in [0.25, 0.3) is 0 Å². The lowest BCUT2D eigenvalue weighted by atomic mass is 9.98. The van der Waals surface area contributed by atoms with Gasteiger partial charge in [-0.1, -0.05) is 18.2 Å². The summed E-state index contributed by atoms with van der Waals surface area (Å²) in [5, 5.41) is 31.9. The van der Waals surface area contributed by atoms with E-state index < -0.39 is 17.1 Å². The highest BCUT2D eigenvalue weighted by Gasteiger charge is 2.22. The van der Waals surface area contributed by atoms with Crippen LogP contribution in [0.15, 0.2) is 32.6 Å². The summed E-state index contributed by atoms with van der Waals surface area (Å²) in [6, 6.07) is 5.38. The van der Waals surface area contributed by atoms with Crippen LogP contribution in [-0.4, -0.2) is 29.0 Å². The van der Waals surface area contributed by atoms with Gasteiger partial charge in [0.2, 0.25) is 0 Å². The van der Waals surface area contributed by atoms with Gasteiger partial charge in [0.05, 0.1) is 19.6 Å². The highest BCUT2D eigenvalue weighted by molar-refractivity contribution is 5.50. The van der Waals surface area contributed by atoms with Crippen molar-refractivity contribution in [2.24, 2.45) is 0 Å². The average molecular weight is 574 g/mol. The molecule has 222 valence electrons. The van der Waals surface area contributed by atoms with Crippen LogP contribution < -0.4 is 17.1 Å². The summed E-state index contributed by atoms with van der Waals surface area (Å²) in [5.74, 6) is 0.250. The van der Waals surface area contributed by atoms with Gasteiger partial charge in [-0.3, -0.25) is 0 Å². The maximum atomic E-state index is 14.0. The minimum Gasteiger partial charge on any atom is -0.507 e. The van der Waals surface area contributed by atoms with E-state index in [-0.39, 0.29) is 36.9 Å². The monoisotopic (exact) mass is 573 g/mol. The Labute approximate surface area is 244 Å². The molecule has 0 spiro atoms. The van der Waals surface area contributed by atoms with Crippen molar-refractivity contribution in [2.75, 3.05) is 0 Å². The smallest absolute Gasteiger partial charge is 0.336 e. The third kappa shape index (κ3) is 5.04. The lowest BCUT2D eigenvalue weighted by molar-refractivity contribution is 0.458. The molecule has 3 aromatic carbocycles. The van der Waals surface area contributed by atoms with Gasteiger partial charge < -0.3 is 15.3 Å². The van der Waals surface area contributed by atoms with E-state index in [1.54, 1.807) is 59.7 Å². The first kappa shape index (κ1) is 30.4. The van der Waals surface area contributed by atoms with Crippen molar-refractivity contribution < 1.29 is 15.3 Å². The van der Waals surface area contributed by atoms with Crippen LogP contribution >= 0.6 is 0 Å². The molecule has 0 saturated heterocycles. The van der Waals surface area contributed by atoms with E-state index in [9.17, 15) is 29.7 Å². The van der Waals surface area contributed by atoms with E-state index in [0.29, 0.717) is 50.1 Å². The summed E-state index contributed by atoms with van der Waals surface area (Å²) in [4.78, 5) is 41.9. The zero-order valence-electron chi connectivity index (χ0n) is 25.8. The van der Waals surface area contributed by atoms with E-state index in [1.165, 1.54) is 0 Å². The lowest BCUT2D eigenvalue weighted by Gasteiger charge is -2.20. The zero-order valence-corrected chi connectivity index (χ0v) is 25.8. The molecule has 1 heterocycles. The highest BCUT2D eigenvalue weighted by Crippen LogP contribution is 2.30. The van der Waals surface area contributed by atoms with Gasteiger partial charge in [-0.25, -0.2) is 28.1 Å². The molecular weight excluding hydrogens is 534 g/mol. The number of phenolic OH excluding ortho intramolecular Hbond substituents is 3. The Morgan fingerprint density at radius 3 is 0.857 bits per heavy atom. The fourth-order valence-electron chi connectivity index (χ4n) is 5.94. The molecule has 0 amide bonds. The Morgan fingerprint density at radius 1 is 0.429 bits per heavy atom. The molecule has 0 saturated carbocycles. The maximum absolute atomic E-state index is 14.0. The third-order valence-corrected chi connectivity index (χ3v) is 8.61. The number of phenols is 3. The Hall–Kier alpha value is -4.53. The average Bonchev–Trinajstić information content (AvgIpc) is 2.92. The summed E-state index contributed by atoms with van der Waals surface area (Å²) in [7, 11) is 0. The third-order valence-electron chi connectivity index (χ3n) is 8.61. The minimum atomic E-state index is -0.792. The zero-order chi connectivity index (χ0) is 31.4. The fourth-order valence-corrected chi connectivity index (χ4v) is 5.94. The van der Waals surface area contributed by atoms with Gasteiger partial charge in [0.15, 0.2) is 0 Å². The molecule has 0 aliphatic heterocycles. The number of hydrogen-bond donors (Lipinski definition) is 3. The number of benzene rings is 3. The SMILES string of the molecule is Cc1cc(C)c(Cn2c(=O)n(Cc3c(C)cc(C)c(O)c3C)c(=O)n(Cc3c(C)cc(C)c(O)c3C)c2=O)c(C)c1O. The second-order valence-corrected chi connectivity index (χ2v) is 11.5. The summed E-state index contributed by atoms with van der Waals surface area (Å²) < 4.78 is 3.05. The lowest BCUT2D eigenvalue weighted by Crippen LogP contribution is -2.55. The molecule has 0 radical (unpaired) electrons. The van der Waals surface area contributed by atoms with Crippen molar-refractivity contribution in [3.8, 4) is 17.2 Å². The summed E-state index contributed by atoms with van der Waals surface area (Å²) in [6.07, 6.45) is 0. The van der Waals surface area contributed by atoms with Crippen molar-refractivity contribution in [2.45, 2.75) is 81.9 Å². The number of rotatable bonds is 6. The van der Waals surface area contributed by atoms with E-state index >= 15 is 0 Å². The molecule has 0 aliphatic carbocycles. The van der Waals surface area contributed by atoms with Crippen LogP contribution in [0.2, 0.25) is 0 Å². The van der Waals surface area contributed by atoms with Crippen molar-refractivity contribution in [3.63, 3.8) is 0 Å². The Morgan fingerprint density at radius 2 is 0.643 bits per heavy atom. The molecule has 9 nitrogen and oxygen atoms in total. The van der Waals surface area contributed by atoms with Crippen LogP contribution in [0.5, 0.6) is 17.2 Å². The van der Waals surface area contributed by atoms with Crippen LogP contribution in [0.1, 0.15) is 66.8 Å². The standard InChI is InChI=1S/C33H39N3O6/c1-16-10-19(4)28(37)22(7)25(16)13-34-31(40)35(14-26-17(2)11-20(5)29(38)23(26)8)33(42)36(32(34)41)15-27-18(3)12-21(6)30(39)24(27)9/h10-12,37-39H,13-15H2,1-9H3. The molecule has 4 rings (SSSR count). The molecule has 0 bridgehead atoms. The quantitative estimate of drug-likeness (QED) is 0.317. The second-order valence-electron chi connectivity index (χ2n) is 11.5. The largest absolute Gasteiger partial charge is 0.507 e. The fraction of sp³-hybridized carbons (Fsp3) is 0.364. The van der Waals surface area contributed by atoms with Crippen molar-refractivity contribution in [1.82, 2.24) is 13.7 Å². The summed E-state index contributed by atoms with van der Waals surface area (Å²) in [6.45, 7) is 15.6. The highest BCUT2D eigenvalue weighted by atomic mass is 16.3. The molecule has 0 atom stereocenters. The van der Waals surface area contributed by atoms with Crippen LogP contribution in [-0.2, 0) is 19.6 Å². The van der Waals surface area contributed by atoms with Crippen molar-refractivity contribution >= 4 is 0 Å². The maximum Gasteiger partial charge on any atom is 0.336 e. The normalized spacial score (nSPS) is 11.4. The first-order valence-electron chi connectivity index (χ1n) is 13.9. The molecule has 0 fully saturated rings. The predicted molar refractivity (Wildman–Crippen MR) is 163 cm³/mol. The predicted octanol–water partition coefficient (Wildman–Crippen LogP) is 4.21. The summed E-state index contributed by atoms with van der Waals surface area (Å²) >= 11 is 0. The molecule has 0 unspecified atom stereocenters. The van der Waals surface area contributed by atoms with Crippen molar-refractivity contribution in [1.29, 1.82) is 0 Å². The van der Waals surface area contributed by atoms with Crippen molar-refractivity contribution in [3.05, 3.63) is 116 Å². The number of aromatic nitrogens is 3. The second kappa shape index (κ2) is 11.0. The van der Waals surface area contributed by atoms with Gasteiger partial charge in [-0.15, -0.1) is 0 Å². The van der Waals surface area contributed by atoms with E-state index in [2.05, 4.69) is 0 Å². The topological polar surface area (TPSA) is 127 Å². The van der Waals surface area contributed by atoms with E-state index in [1.807, 2.05) is 20.8 Å². The molecular formula is C33H39N3O6. The van der Waals surface area contributed by atoms with Gasteiger partial charge in [0, 0.05) is 0 Å². The molecule has 3 N–H and O–H groups in total. The first-order chi connectivity index (χ1) is 19.6. The molecule has 0 aliphatic rings. The van der Waals surface area contributed by atoms with Crippen LogP contribution in [0, 0.1) is 62.3 Å². The number of nitrogens with zero attached hydrogens (tertiary/aromatic N) is 3. The van der Waals surface area contributed by atoms with Crippen LogP contribution in [0.4, 0.5) is 0 Å². The molecule has 9 heteroatoms. The Bertz CT molecular complexity index is 1690. The first-order valence-corrected chi connectivity index (χ1v) is 13.9. The Kier molecular flexibility index (Phi) is 8.00.